The van der Waals surface area contributed by atoms with Crippen LogP contribution in [0.5, 0.6) is 0 Å². The number of hydrogen-bond donors (Lipinski definition) is 1. The van der Waals surface area contributed by atoms with Crippen LogP contribution in [-0.2, 0) is 9.53 Å². The number of carbonyl (C=O) groups is 1. The zero-order chi connectivity index (χ0) is 12.2. The highest BCUT2D eigenvalue weighted by Gasteiger charge is 2.08. The van der Waals surface area contributed by atoms with Crippen LogP contribution in [0.25, 0.3) is 0 Å². The van der Waals surface area contributed by atoms with Gasteiger partial charge in [0, 0.05) is 13.7 Å². The maximum atomic E-state index is 10.6. The average molecular weight is 229 g/mol. The number of ether oxygens (including phenoxy) is 1. The van der Waals surface area contributed by atoms with Crippen LogP contribution in [0, 0.1) is 0 Å². The van der Waals surface area contributed by atoms with Gasteiger partial charge < -0.3 is 9.84 Å². The fourth-order valence-electron chi connectivity index (χ4n) is 1.48. The largest absolute Gasteiger partial charge is 0.480 e. The minimum absolute atomic E-state index is 0.102. The Balaban J connectivity index is 3.64. The summed E-state index contributed by atoms with van der Waals surface area (Å²) in [5.41, 5.74) is 0. The molecule has 0 aliphatic carbocycles. The third-order valence-electron chi connectivity index (χ3n) is 2.35. The second kappa shape index (κ2) is 10.6. The van der Waals surface area contributed by atoms with Crippen molar-refractivity contribution in [3.05, 3.63) is 12.7 Å². The Bertz CT molecular complexity index is 195. The quantitative estimate of drug-likeness (QED) is 0.433. The number of allylic oxidation sites excluding steroid dienone is 1. The SMILES string of the molecule is C=CCCCCCN(CCOC)CC(=O)O. The number of nitrogens with zero attached hydrogens (tertiary/aromatic N) is 1. The predicted octanol–water partition coefficient (Wildman–Crippen LogP) is 1.77. The van der Waals surface area contributed by atoms with Crippen molar-refractivity contribution in [2.24, 2.45) is 0 Å². The molecule has 0 aliphatic heterocycles. The van der Waals surface area contributed by atoms with E-state index in [0.717, 1.165) is 32.2 Å². The van der Waals surface area contributed by atoms with Gasteiger partial charge in [-0.2, -0.15) is 0 Å². The van der Waals surface area contributed by atoms with Crippen LogP contribution in [0.15, 0.2) is 12.7 Å². The summed E-state index contributed by atoms with van der Waals surface area (Å²) in [6.07, 6.45) is 6.24. The normalized spacial score (nSPS) is 10.6. The average Bonchev–Trinajstić information content (AvgIpc) is 2.24. The molecule has 0 aliphatic rings. The van der Waals surface area contributed by atoms with Crippen LogP contribution in [0.4, 0.5) is 0 Å². The molecule has 0 saturated carbocycles. The minimum Gasteiger partial charge on any atom is -0.480 e. The van der Waals surface area contributed by atoms with Gasteiger partial charge >= 0.3 is 5.97 Å². The summed E-state index contributed by atoms with van der Waals surface area (Å²) >= 11 is 0. The van der Waals surface area contributed by atoms with Gasteiger partial charge in [0.2, 0.25) is 0 Å². The van der Waals surface area contributed by atoms with Gasteiger partial charge in [-0.3, -0.25) is 9.69 Å². The summed E-state index contributed by atoms with van der Waals surface area (Å²) in [4.78, 5) is 12.5. The van der Waals surface area contributed by atoms with Gasteiger partial charge in [-0.05, 0) is 25.8 Å². The summed E-state index contributed by atoms with van der Waals surface area (Å²) in [6.45, 7) is 5.86. The molecule has 1 N–H and O–H groups in total. The van der Waals surface area contributed by atoms with Gasteiger partial charge in [0.1, 0.15) is 0 Å². The molecule has 0 rings (SSSR count). The van der Waals surface area contributed by atoms with Gasteiger partial charge in [0.05, 0.1) is 13.2 Å². The molecule has 0 saturated heterocycles. The molecule has 0 fully saturated rings. The van der Waals surface area contributed by atoms with Crippen molar-refractivity contribution < 1.29 is 14.6 Å². The molecule has 0 amide bonds. The number of rotatable bonds is 11. The van der Waals surface area contributed by atoms with Crippen molar-refractivity contribution in [1.82, 2.24) is 4.90 Å². The molecule has 0 heterocycles. The number of carboxylic acids is 1. The first kappa shape index (κ1) is 15.1. The molecular formula is C12H23NO3. The number of carboxylic acid groups (broad SMARTS) is 1. The van der Waals surface area contributed by atoms with Crippen LogP contribution in [0.3, 0.4) is 0 Å². The maximum Gasteiger partial charge on any atom is 0.317 e. The smallest absolute Gasteiger partial charge is 0.317 e. The first-order valence-corrected chi connectivity index (χ1v) is 5.74. The van der Waals surface area contributed by atoms with Gasteiger partial charge in [0.15, 0.2) is 0 Å². The molecular weight excluding hydrogens is 206 g/mol. The van der Waals surface area contributed by atoms with Crippen molar-refractivity contribution in [3.8, 4) is 0 Å². The molecule has 4 nitrogen and oxygen atoms in total. The van der Waals surface area contributed by atoms with E-state index in [9.17, 15) is 4.79 Å². The number of hydrogen-bond acceptors (Lipinski definition) is 3. The molecule has 16 heavy (non-hydrogen) atoms. The number of unbranched alkanes of at least 4 members (excludes halogenated alkanes) is 3. The number of aliphatic carboxylic acids is 1. The summed E-state index contributed by atoms with van der Waals surface area (Å²) in [5.74, 6) is -0.776. The van der Waals surface area contributed by atoms with E-state index in [1.807, 2.05) is 11.0 Å². The Hall–Kier alpha value is -0.870. The summed E-state index contributed by atoms with van der Waals surface area (Å²) < 4.78 is 4.95. The molecule has 0 atom stereocenters. The highest BCUT2D eigenvalue weighted by Crippen LogP contribution is 2.02. The van der Waals surface area contributed by atoms with Crippen molar-refractivity contribution in [2.75, 3.05) is 33.4 Å². The lowest BCUT2D eigenvalue weighted by molar-refractivity contribution is -0.138. The highest BCUT2D eigenvalue weighted by atomic mass is 16.5. The molecule has 94 valence electrons. The van der Waals surface area contributed by atoms with Crippen LogP contribution in [0.2, 0.25) is 0 Å². The van der Waals surface area contributed by atoms with E-state index in [-0.39, 0.29) is 6.54 Å². The minimum atomic E-state index is -0.776. The fraction of sp³-hybridized carbons (Fsp3) is 0.750. The number of methoxy groups -OCH3 is 1. The van der Waals surface area contributed by atoms with E-state index in [4.69, 9.17) is 9.84 Å². The van der Waals surface area contributed by atoms with Crippen LogP contribution >= 0.6 is 0 Å². The van der Waals surface area contributed by atoms with Crippen LogP contribution in [0.1, 0.15) is 25.7 Å². The van der Waals surface area contributed by atoms with Gasteiger partial charge in [0.25, 0.3) is 0 Å². The molecule has 0 aromatic heterocycles. The Labute approximate surface area is 97.9 Å². The molecule has 0 aromatic carbocycles. The molecule has 0 spiro atoms. The Morgan fingerprint density at radius 1 is 1.38 bits per heavy atom. The van der Waals surface area contributed by atoms with Gasteiger partial charge in [-0.15, -0.1) is 6.58 Å². The van der Waals surface area contributed by atoms with E-state index in [1.165, 1.54) is 0 Å². The topological polar surface area (TPSA) is 49.8 Å². The Morgan fingerprint density at radius 2 is 2.12 bits per heavy atom. The van der Waals surface area contributed by atoms with Crippen molar-refractivity contribution in [3.63, 3.8) is 0 Å². The van der Waals surface area contributed by atoms with Crippen LogP contribution < -0.4 is 0 Å². The first-order chi connectivity index (χ1) is 7.70. The Kier molecular flexibility index (Phi) is 10.1. The summed E-state index contributed by atoms with van der Waals surface area (Å²) in [5, 5.41) is 8.73. The lowest BCUT2D eigenvalue weighted by Crippen LogP contribution is -2.33. The van der Waals surface area contributed by atoms with Gasteiger partial charge in [-0.1, -0.05) is 12.5 Å². The third-order valence-corrected chi connectivity index (χ3v) is 2.35. The standard InChI is InChI=1S/C12H23NO3/c1-3-4-5-6-7-8-13(9-10-16-2)11-12(14)15/h3H,1,4-11H2,2H3,(H,14,15). The fourth-order valence-corrected chi connectivity index (χ4v) is 1.48. The molecule has 0 radical (unpaired) electrons. The zero-order valence-corrected chi connectivity index (χ0v) is 10.2. The van der Waals surface area contributed by atoms with Crippen molar-refractivity contribution in [2.45, 2.75) is 25.7 Å². The molecule has 4 heteroatoms. The Morgan fingerprint density at radius 3 is 2.69 bits per heavy atom. The summed E-state index contributed by atoms with van der Waals surface area (Å²) in [6, 6.07) is 0. The van der Waals surface area contributed by atoms with Crippen LogP contribution in [-0.4, -0.2) is 49.3 Å². The summed E-state index contributed by atoms with van der Waals surface area (Å²) in [7, 11) is 1.63. The van der Waals surface area contributed by atoms with E-state index < -0.39 is 5.97 Å². The third kappa shape index (κ3) is 9.68. The van der Waals surface area contributed by atoms with Gasteiger partial charge in [-0.25, -0.2) is 0 Å². The molecule has 0 unspecified atom stereocenters. The maximum absolute atomic E-state index is 10.6. The van der Waals surface area contributed by atoms with E-state index in [2.05, 4.69) is 6.58 Å². The van der Waals surface area contributed by atoms with Crippen molar-refractivity contribution >= 4 is 5.97 Å². The lowest BCUT2D eigenvalue weighted by atomic mass is 10.2. The molecule has 0 bridgehead atoms. The van der Waals surface area contributed by atoms with E-state index >= 15 is 0 Å². The molecule has 0 aromatic rings. The predicted molar refractivity (Wildman–Crippen MR) is 64.6 cm³/mol. The monoisotopic (exact) mass is 229 g/mol. The second-order valence-electron chi connectivity index (χ2n) is 3.80. The second-order valence-corrected chi connectivity index (χ2v) is 3.80. The highest BCUT2D eigenvalue weighted by molar-refractivity contribution is 5.69. The van der Waals surface area contributed by atoms with E-state index in [0.29, 0.717) is 13.2 Å². The van der Waals surface area contributed by atoms with Crippen molar-refractivity contribution in [1.29, 1.82) is 0 Å². The lowest BCUT2D eigenvalue weighted by Gasteiger charge is -2.19. The zero-order valence-electron chi connectivity index (χ0n) is 10.2. The first-order valence-electron chi connectivity index (χ1n) is 5.74. The van der Waals surface area contributed by atoms with E-state index in [1.54, 1.807) is 7.11 Å².